The van der Waals surface area contributed by atoms with Crippen LogP contribution >= 0.6 is 0 Å². The quantitative estimate of drug-likeness (QED) is 0.502. The lowest BCUT2D eigenvalue weighted by molar-refractivity contribution is 0.00332. The van der Waals surface area contributed by atoms with E-state index >= 15 is 0 Å². The molecule has 1 heterocycles. The third kappa shape index (κ3) is 3.32. The minimum absolute atomic E-state index is 0.0167. The first-order chi connectivity index (χ1) is 6.50. The molecule has 0 aliphatic carbocycles. The van der Waals surface area contributed by atoms with E-state index in [0.29, 0.717) is 0 Å². The third-order valence-corrected chi connectivity index (χ3v) is 5.59. The molecule has 3 atom stereocenters. The lowest BCUT2D eigenvalue weighted by Gasteiger charge is -2.25. The van der Waals surface area contributed by atoms with E-state index in [9.17, 15) is 0 Å². The highest BCUT2D eigenvalue weighted by atomic mass is 28.4. The Bertz CT molecular complexity index is 184. The van der Waals surface area contributed by atoms with Gasteiger partial charge in [0.15, 0.2) is 6.29 Å². The van der Waals surface area contributed by atoms with Crippen molar-refractivity contribution in [3.63, 3.8) is 0 Å². The van der Waals surface area contributed by atoms with Crippen molar-refractivity contribution in [1.82, 2.24) is 0 Å². The van der Waals surface area contributed by atoms with E-state index in [1.54, 1.807) is 14.2 Å². The van der Waals surface area contributed by atoms with Crippen LogP contribution < -0.4 is 0 Å². The van der Waals surface area contributed by atoms with E-state index < -0.39 is 8.56 Å². The minimum atomic E-state index is -2.00. The van der Waals surface area contributed by atoms with Crippen LogP contribution in [-0.2, 0) is 18.3 Å². The molecule has 0 aromatic heterocycles. The maximum atomic E-state index is 5.63. The van der Waals surface area contributed by atoms with Crippen LogP contribution in [0.1, 0.15) is 13.8 Å². The Morgan fingerprint density at radius 1 is 1.36 bits per heavy atom. The Morgan fingerprint density at radius 2 is 1.86 bits per heavy atom. The van der Waals surface area contributed by atoms with Crippen LogP contribution in [0, 0.1) is 0 Å². The summed E-state index contributed by atoms with van der Waals surface area (Å²) in [7, 11) is 1.38. The van der Waals surface area contributed by atoms with E-state index in [1.165, 1.54) is 0 Å². The second-order valence-corrected chi connectivity index (χ2v) is 7.39. The molecule has 0 saturated carbocycles. The molecule has 0 spiro atoms. The Labute approximate surface area is 86.7 Å². The highest BCUT2D eigenvalue weighted by molar-refractivity contribution is 6.66. The molecule has 4 nitrogen and oxygen atoms in total. The van der Waals surface area contributed by atoms with Gasteiger partial charge in [0.1, 0.15) is 6.10 Å². The van der Waals surface area contributed by atoms with Gasteiger partial charge in [-0.3, -0.25) is 0 Å². The standard InChI is InChI=1S/C9H20O4Si/c1-7(12-9-8(2)13-9)6-14(5,10-3)11-4/h7-9H,6H2,1-5H3. The summed E-state index contributed by atoms with van der Waals surface area (Å²) < 4.78 is 21.6. The first-order valence-electron chi connectivity index (χ1n) is 4.92. The van der Waals surface area contributed by atoms with Crippen molar-refractivity contribution >= 4 is 8.56 Å². The van der Waals surface area contributed by atoms with Gasteiger partial charge >= 0.3 is 8.56 Å². The predicted molar refractivity (Wildman–Crippen MR) is 55.3 cm³/mol. The molecule has 0 bridgehead atoms. The molecule has 1 rings (SSSR count). The zero-order valence-electron chi connectivity index (χ0n) is 9.57. The molecule has 0 aromatic rings. The minimum Gasteiger partial charge on any atom is -0.398 e. The van der Waals surface area contributed by atoms with Crippen molar-refractivity contribution in [1.29, 1.82) is 0 Å². The maximum Gasteiger partial charge on any atom is 0.337 e. The summed E-state index contributed by atoms with van der Waals surface area (Å²) >= 11 is 0. The van der Waals surface area contributed by atoms with Crippen molar-refractivity contribution in [3.05, 3.63) is 0 Å². The molecule has 84 valence electrons. The van der Waals surface area contributed by atoms with Gasteiger partial charge in [-0.05, 0) is 20.4 Å². The largest absolute Gasteiger partial charge is 0.398 e. The second kappa shape index (κ2) is 4.72. The molecule has 1 fully saturated rings. The third-order valence-electron chi connectivity index (χ3n) is 2.54. The molecular formula is C9H20O4Si. The van der Waals surface area contributed by atoms with Crippen molar-refractivity contribution in [3.8, 4) is 0 Å². The summed E-state index contributed by atoms with van der Waals surface area (Å²) in [5.41, 5.74) is 0. The molecule has 0 N–H and O–H groups in total. The fourth-order valence-corrected chi connectivity index (χ4v) is 3.00. The van der Waals surface area contributed by atoms with E-state index in [0.717, 1.165) is 6.04 Å². The average Bonchev–Trinajstić information content (AvgIpc) is 2.81. The number of hydrogen-bond acceptors (Lipinski definition) is 4. The normalized spacial score (nSPS) is 28.9. The lowest BCUT2D eigenvalue weighted by Crippen LogP contribution is -2.39. The van der Waals surface area contributed by atoms with E-state index in [2.05, 4.69) is 0 Å². The molecule has 1 saturated heterocycles. The van der Waals surface area contributed by atoms with Crippen LogP contribution in [0.3, 0.4) is 0 Å². The molecule has 5 heteroatoms. The van der Waals surface area contributed by atoms with Gasteiger partial charge in [0.25, 0.3) is 0 Å². The molecule has 0 amide bonds. The first-order valence-corrected chi connectivity index (χ1v) is 7.44. The first kappa shape index (κ1) is 12.1. The summed E-state index contributed by atoms with van der Waals surface area (Å²) in [6.45, 7) is 6.06. The van der Waals surface area contributed by atoms with Gasteiger partial charge in [-0.1, -0.05) is 0 Å². The van der Waals surface area contributed by atoms with Crippen molar-refractivity contribution in [2.24, 2.45) is 0 Å². The number of hydrogen-bond donors (Lipinski definition) is 0. The summed E-state index contributed by atoms with van der Waals surface area (Å²) in [6.07, 6.45) is 0.356. The number of ether oxygens (including phenoxy) is 2. The molecule has 14 heavy (non-hydrogen) atoms. The summed E-state index contributed by atoms with van der Waals surface area (Å²) in [5.74, 6) is 0. The van der Waals surface area contributed by atoms with E-state index in [4.69, 9.17) is 18.3 Å². The zero-order chi connectivity index (χ0) is 10.8. The Kier molecular flexibility index (Phi) is 4.09. The highest BCUT2D eigenvalue weighted by Crippen LogP contribution is 2.26. The lowest BCUT2D eigenvalue weighted by atomic mass is 10.4. The maximum absolute atomic E-state index is 5.63. The van der Waals surface area contributed by atoms with E-state index in [1.807, 2.05) is 20.4 Å². The Hall–Kier alpha value is 0.0569. The summed E-state index contributed by atoms with van der Waals surface area (Å²) in [6, 6.07) is 0.826. The molecule has 3 unspecified atom stereocenters. The average molecular weight is 220 g/mol. The Balaban J connectivity index is 2.27. The van der Waals surface area contributed by atoms with Gasteiger partial charge < -0.3 is 18.3 Å². The van der Waals surface area contributed by atoms with Gasteiger partial charge in [0.2, 0.25) is 0 Å². The molecule has 0 radical (unpaired) electrons. The molecule has 1 aliphatic heterocycles. The summed E-state index contributed by atoms with van der Waals surface area (Å²) in [4.78, 5) is 0. The Morgan fingerprint density at radius 3 is 2.21 bits per heavy atom. The van der Waals surface area contributed by atoms with Gasteiger partial charge in [-0.25, -0.2) is 0 Å². The van der Waals surface area contributed by atoms with Crippen molar-refractivity contribution in [2.75, 3.05) is 14.2 Å². The zero-order valence-corrected chi connectivity index (χ0v) is 10.6. The van der Waals surface area contributed by atoms with E-state index in [-0.39, 0.29) is 18.5 Å². The summed E-state index contributed by atoms with van der Waals surface area (Å²) in [5, 5.41) is 0. The van der Waals surface area contributed by atoms with Crippen LogP contribution in [0.4, 0.5) is 0 Å². The molecular weight excluding hydrogens is 200 g/mol. The number of epoxide rings is 1. The fourth-order valence-electron chi connectivity index (χ4n) is 1.36. The highest BCUT2D eigenvalue weighted by Gasteiger charge is 2.39. The monoisotopic (exact) mass is 220 g/mol. The van der Waals surface area contributed by atoms with Gasteiger partial charge in [-0.2, -0.15) is 0 Å². The SMILES string of the molecule is CO[Si](C)(CC(C)OC1OC1C)OC. The fraction of sp³-hybridized carbons (Fsp3) is 1.00. The van der Waals surface area contributed by atoms with Gasteiger partial charge in [-0.15, -0.1) is 0 Å². The van der Waals surface area contributed by atoms with Crippen LogP contribution in [-0.4, -0.2) is 41.3 Å². The van der Waals surface area contributed by atoms with Crippen LogP contribution in [0.25, 0.3) is 0 Å². The van der Waals surface area contributed by atoms with Crippen molar-refractivity contribution in [2.45, 2.75) is 44.9 Å². The van der Waals surface area contributed by atoms with Crippen LogP contribution in [0.2, 0.25) is 12.6 Å². The predicted octanol–water partition coefficient (Wildman–Crippen LogP) is 1.50. The topological polar surface area (TPSA) is 40.2 Å². The van der Waals surface area contributed by atoms with Crippen molar-refractivity contribution < 1.29 is 18.3 Å². The van der Waals surface area contributed by atoms with Gasteiger partial charge in [0, 0.05) is 20.3 Å². The van der Waals surface area contributed by atoms with Crippen LogP contribution in [0.15, 0.2) is 0 Å². The molecule has 1 aliphatic rings. The van der Waals surface area contributed by atoms with Crippen LogP contribution in [0.5, 0.6) is 0 Å². The number of rotatable bonds is 6. The molecule has 0 aromatic carbocycles. The van der Waals surface area contributed by atoms with Gasteiger partial charge in [0.05, 0.1) is 6.10 Å². The second-order valence-electron chi connectivity index (χ2n) is 3.90. The smallest absolute Gasteiger partial charge is 0.337 e.